The number of rotatable bonds is 7. The number of amides is 1. The highest BCUT2D eigenvalue weighted by Gasteiger charge is 2.24. The molecule has 6 heteroatoms. The number of ether oxygens (including phenoxy) is 1. The van der Waals surface area contributed by atoms with Crippen molar-refractivity contribution in [1.82, 2.24) is 16.0 Å². The highest BCUT2D eigenvalue weighted by atomic mass is 16.6. The van der Waals surface area contributed by atoms with Crippen LogP contribution in [-0.4, -0.2) is 35.9 Å². The van der Waals surface area contributed by atoms with Crippen LogP contribution in [0.3, 0.4) is 0 Å². The summed E-state index contributed by atoms with van der Waals surface area (Å²) >= 11 is 0. The van der Waals surface area contributed by atoms with Gasteiger partial charge in [-0.05, 0) is 83.3 Å². The van der Waals surface area contributed by atoms with Crippen molar-refractivity contribution in [2.24, 2.45) is 5.73 Å². The van der Waals surface area contributed by atoms with Gasteiger partial charge in [-0.25, -0.2) is 4.79 Å². The van der Waals surface area contributed by atoms with Gasteiger partial charge in [-0.1, -0.05) is 60.7 Å². The number of benzene rings is 2. The highest BCUT2D eigenvalue weighted by Crippen LogP contribution is 2.20. The number of nitrogens with one attached hydrogen (secondary N) is 3. The number of nitrogens with two attached hydrogens (primary N) is 1. The molecule has 5 N–H and O–H groups in total. The topological polar surface area (TPSA) is 88.4 Å². The minimum atomic E-state index is -0.432. The van der Waals surface area contributed by atoms with E-state index < -0.39 is 5.60 Å². The molecule has 0 spiro atoms. The molecular formula is C31H48N4O2. The maximum Gasteiger partial charge on any atom is 0.407 e. The van der Waals surface area contributed by atoms with E-state index in [1.807, 2.05) is 26.8 Å². The molecule has 2 saturated carbocycles. The van der Waals surface area contributed by atoms with Gasteiger partial charge in [-0.2, -0.15) is 0 Å². The maximum atomic E-state index is 11.8. The molecule has 204 valence electrons. The van der Waals surface area contributed by atoms with Gasteiger partial charge >= 0.3 is 6.09 Å². The summed E-state index contributed by atoms with van der Waals surface area (Å²) < 4.78 is 5.31. The summed E-state index contributed by atoms with van der Waals surface area (Å²) in [5.41, 5.74) is 8.13. The zero-order chi connectivity index (χ0) is 26.5. The molecule has 1 amide bonds. The first kappa shape index (κ1) is 29.2. The van der Waals surface area contributed by atoms with Crippen molar-refractivity contribution in [3.8, 4) is 0 Å². The van der Waals surface area contributed by atoms with Crippen LogP contribution >= 0.6 is 0 Å². The minimum Gasteiger partial charge on any atom is -0.444 e. The van der Waals surface area contributed by atoms with Crippen LogP contribution in [0.5, 0.6) is 0 Å². The Morgan fingerprint density at radius 2 is 1.14 bits per heavy atom. The van der Waals surface area contributed by atoms with E-state index in [1.165, 1.54) is 36.8 Å². The zero-order valence-corrected chi connectivity index (χ0v) is 23.0. The predicted molar refractivity (Wildman–Crippen MR) is 152 cm³/mol. The standard InChI is InChI=1S/C18H28N2O2.C13H20N2/c1-18(2,3)22-17(21)20-16-11-9-15(10-12-16)19-13-14-7-5-4-6-8-14;14-12-6-8-13(9-7-12)15-10-11-4-2-1-3-5-11/h4-8,15-16,19H,9-13H2,1-3H3,(H,20,21);1-5,12-13,15H,6-10,14H2. The lowest BCUT2D eigenvalue weighted by molar-refractivity contribution is 0.0489. The van der Waals surface area contributed by atoms with Gasteiger partial charge < -0.3 is 26.4 Å². The van der Waals surface area contributed by atoms with Crippen molar-refractivity contribution in [2.75, 3.05) is 0 Å². The minimum absolute atomic E-state index is 0.240. The predicted octanol–water partition coefficient (Wildman–Crippen LogP) is 5.66. The molecule has 0 aliphatic heterocycles. The summed E-state index contributed by atoms with van der Waals surface area (Å²) in [6.45, 7) is 7.56. The van der Waals surface area contributed by atoms with Crippen LogP contribution in [0.25, 0.3) is 0 Å². The molecule has 0 aromatic heterocycles. The van der Waals surface area contributed by atoms with Crippen LogP contribution in [-0.2, 0) is 17.8 Å². The van der Waals surface area contributed by atoms with E-state index in [9.17, 15) is 4.79 Å². The van der Waals surface area contributed by atoms with Crippen molar-refractivity contribution in [3.05, 3.63) is 71.8 Å². The second kappa shape index (κ2) is 15.1. The Bertz CT molecular complexity index is 884. The van der Waals surface area contributed by atoms with Crippen LogP contribution in [0.2, 0.25) is 0 Å². The summed E-state index contributed by atoms with van der Waals surface area (Å²) in [5, 5.41) is 10.2. The molecule has 0 atom stereocenters. The lowest BCUT2D eigenvalue weighted by Crippen LogP contribution is -2.43. The summed E-state index contributed by atoms with van der Waals surface area (Å²) in [6, 6.07) is 22.9. The summed E-state index contributed by atoms with van der Waals surface area (Å²) in [7, 11) is 0. The largest absolute Gasteiger partial charge is 0.444 e. The molecule has 37 heavy (non-hydrogen) atoms. The molecule has 2 aliphatic carbocycles. The summed E-state index contributed by atoms with van der Waals surface area (Å²) in [6.07, 6.45) is 8.70. The van der Waals surface area contributed by atoms with Gasteiger partial charge in [0.1, 0.15) is 5.60 Å². The van der Waals surface area contributed by atoms with Crippen molar-refractivity contribution >= 4 is 6.09 Å². The quantitative estimate of drug-likeness (QED) is 0.388. The normalized spacial score (nSPS) is 23.9. The van der Waals surface area contributed by atoms with Gasteiger partial charge in [0.25, 0.3) is 0 Å². The van der Waals surface area contributed by atoms with E-state index in [0.717, 1.165) is 38.8 Å². The van der Waals surface area contributed by atoms with Gasteiger partial charge in [-0.3, -0.25) is 0 Å². The van der Waals surface area contributed by atoms with Gasteiger partial charge in [0.2, 0.25) is 0 Å². The monoisotopic (exact) mass is 508 g/mol. The highest BCUT2D eigenvalue weighted by molar-refractivity contribution is 5.68. The SMILES string of the molecule is CC(C)(C)OC(=O)NC1CCC(NCc2ccccc2)CC1.NC1CCC(NCc2ccccc2)CC1. The first-order chi connectivity index (χ1) is 17.8. The summed E-state index contributed by atoms with van der Waals surface area (Å²) in [5.74, 6) is 0. The Morgan fingerprint density at radius 3 is 1.57 bits per heavy atom. The zero-order valence-electron chi connectivity index (χ0n) is 23.0. The second-order valence-electron chi connectivity index (χ2n) is 11.5. The fourth-order valence-electron chi connectivity index (χ4n) is 4.96. The first-order valence-corrected chi connectivity index (χ1v) is 14.1. The van der Waals surface area contributed by atoms with E-state index in [-0.39, 0.29) is 12.1 Å². The van der Waals surface area contributed by atoms with Gasteiger partial charge in [0.15, 0.2) is 0 Å². The molecule has 0 bridgehead atoms. The molecular weight excluding hydrogens is 460 g/mol. The third-order valence-electron chi connectivity index (χ3n) is 7.10. The van der Waals surface area contributed by atoms with E-state index in [2.05, 4.69) is 70.5 Å². The Morgan fingerprint density at radius 1 is 0.730 bits per heavy atom. The smallest absolute Gasteiger partial charge is 0.407 e. The molecule has 0 unspecified atom stereocenters. The molecule has 2 fully saturated rings. The van der Waals surface area contributed by atoms with Crippen molar-refractivity contribution < 1.29 is 9.53 Å². The van der Waals surface area contributed by atoms with Gasteiger partial charge in [0.05, 0.1) is 0 Å². The Balaban J connectivity index is 0.000000220. The number of hydrogen-bond acceptors (Lipinski definition) is 5. The van der Waals surface area contributed by atoms with Gasteiger partial charge in [-0.15, -0.1) is 0 Å². The van der Waals surface area contributed by atoms with E-state index >= 15 is 0 Å². The third-order valence-corrected chi connectivity index (χ3v) is 7.10. The Kier molecular flexibility index (Phi) is 11.9. The summed E-state index contributed by atoms with van der Waals surface area (Å²) in [4.78, 5) is 11.8. The van der Waals surface area contributed by atoms with Crippen LogP contribution < -0.4 is 21.7 Å². The first-order valence-electron chi connectivity index (χ1n) is 14.1. The Labute approximate surface area is 224 Å². The lowest BCUT2D eigenvalue weighted by Gasteiger charge is -2.30. The van der Waals surface area contributed by atoms with E-state index in [1.54, 1.807) is 0 Å². The number of carbonyl (C=O) groups is 1. The molecule has 0 heterocycles. The molecule has 2 aromatic carbocycles. The van der Waals surface area contributed by atoms with Crippen molar-refractivity contribution in [1.29, 1.82) is 0 Å². The fraction of sp³-hybridized carbons (Fsp3) is 0.581. The third kappa shape index (κ3) is 12.1. The number of hydrogen-bond donors (Lipinski definition) is 4. The van der Waals surface area contributed by atoms with E-state index in [4.69, 9.17) is 10.5 Å². The molecule has 0 saturated heterocycles. The molecule has 2 aliphatic rings. The Hall–Kier alpha value is -2.41. The average molecular weight is 509 g/mol. The number of alkyl carbamates (subject to hydrolysis) is 1. The van der Waals surface area contributed by atoms with Gasteiger partial charge in [0, 0.05) is 37.3 Å². The molecule has 6 nitrogen and oxygen atoms in total. The number of carbonyl (C=O) groups excluding carboxylic acids is 1. The second-order valence-corrected chi connectivity index (χ2v) is 11.5. The fourth-order valence-corrected chi connectivity index (χ4v) is 4.96. The van der Waals surface area contributed by atoms with Crippen LogP contribution in [0.4, 0.5) is 4.79 Å². The maximum absolute atomic E-state index is 11.8. The molecule has 4 rings (SSSR count). The molecule has 0 radical (unpaired) electrons. The average Bonchev–Trinajstić information content (AvgIpc) is 2.88. The van der Waals surface area contributed by atoms with E-state index in [0.29, 0.717) is 18.1 Å². The van der Waals surface area contributed by atoms with Crippen LogP contribution in [0.1, 0.15) is 83.3 Å². The van der Waals surface area contributed by atoms with Crippen molar-refractivity contribution in [2.45, 2.75) is 115 Å². The lowest BCUT2D eigenvalue weighted by atomic mass is 9.91. The van der Waals surface area contributed by atoms with Crippen molar-refractivity contribution in [3.63, 3.8) is 0 Å². The van der Waals surface area contributed by atoms with Crippen LogP contribution in [0, 0.1) is 0 Å². The van der Waals surface area contributed by atoms with Crippen LogP contribution in [0.15, 0.2) is 60.7 Å². The molecule has 2 aromatic rings.